The highest BCUT2D eigenvalue weighted by Gasteiger charge is 2.16. The van der Waals surface area contributed by atoms with Gasteiger partial charge in [0.25, 0.3) is 0 Å². The Kier molecular flexibility index (Phi) is 4.29. The first kappa shape index (κ1) is 17.3. The zero-order valence-corrected chi connectivity index (χ0v) is 16.9. The molecule has 0 radical (unpaired) electrons. The van der Waals surface area contributed by atoms with Crippen molar-refractivity contribution >= 4 is 39.2 Å². The summed E-state index contributed by atoms with van der Waals surface area (Å²) in [6, 6.07) is 14.0. The number of hydrogen-bond donors (Lipinski definition) is 0. The van der Waals surface area contributed by atoms with Crippen LogP contribution in [-0.4, -0.2) is 25.8 Å². The molecule has 0 aliphatic rings. The Balaban J connectivity index is 1.45. The quantitative estimate of drug-likeness (QED) is 0.372. The van der Waals surface area contributed by atoms with E-state index in [-0.39, 0.29) is 0 Å². The second-order valence-corrected chi connectivity index (χ2v) is 8.33. The Hall–Kier alpha value is -2.84. The predicted octanol–water partition coefficient (Wildman–Crippen LogP) is 5.21. The van der Waals surface area contributed by atoms with Crippen LogP contribution in [0, 0.1) is 6.92 Å². The van der Waals surface area contributed by atoms with E-state index in [1.165, 1.54) is 16.9 Å². The summed E-state index contributed by atoms with van der Waals surface area (Å²) in [5, 5.41) is 4.46. The van der Waals surface area contributed by atoms with Gasteiger partial charge in [-0.1, -0.05) is 59.0 Å². The minimum absolute atomic E-state index is 0.463. The van der Waals surface area contributed by atoms with Crippen LogP contribution in [0.15, 0.2) is 57.4 Å². The third kappa shape index (κ3) is 3.14. The zero-order chi connectivity index (χ0) is 19.1. The van der Waals surface area contributed by atoms with Crippen molar-refractivity contribution in [2.75, 3.05) is 6.26 Å². The van der Waals surface area contributed by atoms with Gasteiger partial charge in [0.2, 0.25) is 10.9 Å². The molecule has 0 N–H and O–H groups in total. The summed E-state index contributed by atoms with van der Waals surface area (Å²) in [6.07, 6.45) is 3.83. The van der Waals surface area contributed by atoms with Crippen molar-refractivity contribution in [2.45, 2.75) is 17.9 Å². The van der Waals surface area contributed by atoms with E-state index < -0.39 is 0 Å². The number of rotatable bonds is 5. The molecule has 5 rings (SSSR count). The maximum absolute atomic E-state index is 6.01. The standard InChI is InChI=1S/C20H16N4O2S2/c1-12-6-8-13(9-7-12)11-25-15-4-3-5-16-17(15)22-18(26-16)14-10-24-19(21-14)28-20(23-24)27-2/h3-10H,11H2,1-2H3. The summed E-state index contributed by atoms with van der Waals surface area (Å²) < 4.78 is 14.7. The molecule has 140 valence electrons. The van der Waals surface area contributed by atoms with Gasteiger partial charge in [-0.05, 0) is 30.9 Å². The van der Waals surface area contributed by atoms with Crippen LogP contribution in [0.25, 0.3) is 27.6 Å². The SMILES string of the molecule is CSc1nn2cc(-c3nc4c(OCc5ccc(C)cc5)cccc4o3)nc2s1. The first-order chi connectivity index (χ1) is 13.7. The minimum Gasteiger partial charge on any atom is -0.486 e. The molecule has 0 saturated carbocycles. The van der Waals surface area contributed by atoms with E-state index in [0.717, 1.165) is 14.9 Å². The summed E-state index contributed by atoms with van der Waals surface area (Å²) in [5.74, 6) is 1.15. The van der Waals surface area contributed by atoms with Gasteiger partial charge in [-0.25, -0.2) is 14.5 Å². The molecular formula is C20H16N4O2S2. The molecule has 6 nitrogen and oxygen atoms in total. The van der Waals surface area contributed by atoms with Gasteiger partial charge in [0, 0.05) is 0 Å². The lowest BCUT2D eigenvalue weighted by Gasteiger charge is -2.06. The van der Waals surface area contributed by atoms with E-state index in [9.17, 15) is 0 Å². The van der Waals surface area contributed by atoms with Crippen molar-refractivity contribution in [3.63, 3.8) is 0 Å². The lowest BCUT2D eigenvalue weighted by molar-refractivity contribution is 0.309. The molecule has 28 heavy (non-hydrogen) atoms. The molecule has 0 aliphatic heterocycles. The van der Waals surface area contributed by atoms with Gasteiger partial charge in [0.05, 0.1) is 6.20 Å². The third-order valence-corrected chi connectivity index (χ3v) is 6.21. The Labute approximate surface area is 169 Å². The molecule has 0 bridgehead atoms. The molecular weight excluding hydrogens is 392 g/mol. The summed E-state index contributed by atoms with van der Waals surface area (Å²) >= 11 is 3.14. The fraction of sp³-hybridized carbons (Fsp3) is 0.150. The number of nitrogens with zero attached hydrogens (tertiary/aromatic N) is 4. The number of ether oxygens (including phenoxy) is 1. The molecule has 2 aromatic carbocycles. The summed E-state index contributed by atoms with van der Waals surface area (Å²) in [4.78, 5) is 10.0. The molecule has 3 aromatic heterocycles. The first-order valence-corrected chi connectivity index (χ1v) is 10.7. The molecule has 0 atom stereocenters. The van der Waals surface area contributed by atoms with Crippen molar-refractivity contribution in [3.05, 3.63) is 59.8 Å². The zero-order valence-electron chi connectivity index (χ0n) is 15.2. The Morgan fingerprint density at radius 3 is 2.79 bits per heavy atom. The second-order valence-electron chi connectivity index (χ2n) is 6.32. The second kappa shape index (κ2) is 6.96. The van der Waals surface area contributed by atoms with Gasteiger partial charge in [0.15, 0.2) is 15.4 Å². The van der Waals surface area contributed by atoms with Crippen molar-refractivity contribution in [1.82, 2.24) is 19.6 Å². The van der Waals surface area contributed by atoms with Gasteiger partial charge in [0.1, 0.15) is 18.1 Å². The average molecular weight is 409 g/mol. The molecule has 5 aromatic rings. The molecule has 8 heteroatoms. The van der Waals surface area contributed by atoms with Gasteiger partial charge in [-0.3, -0.25) is 0 Å². The maximum atomic E-state index is 6.01. The van der Waals surface area contributed by atoms with Crippen LogP contribution in [0.1, 0.15) is 11.1 Å². The lowest BCUT2D eigenvalue weighted by atomic mass is 10.2. The number of aromatic nitrogens is 4. The Morgan fingerprint density at radius 1 is 1.14 bits per heavy atom. The van der Waals surface area contributed by atoms with Crippen molar-refractivity contribution < 1.29 is 9.15 Å². The van der Waals surface area contributed by atoms with Gasteiger partial charge in [-0.15, -0.1) is 5.10 Å². The molecule has 0 saturated heterocycles. The van der Waals surface area contributed by atoms with Crippen LogP contribution in [0.3, 0.4) is 0 Å². The molecule has 0 unspecified atom stereocenters. The van der Waals surface area contributed by atoms with Crippen molar-refractivity contribution in [3.8, 4) is 17.3 Å². The summed E-state index contributed by atoms with van der Waals surface area (Å²) in [7, 11) is 0. The largest absolute Gasteiger partial charge is 0.486 e. The highest BCUT2D eigenvalue weighted by atomic mass is 32.2. The predicted molar refractivity (Wildman–Crippen MR) is 111 cm³/mol. The molecule has 0 aliphatic carbocycles. The van der Waals surface area contributed by atoms with Gasteiger partial charge in [-0.2, -0.15) is 0 Å². The highest BCUT2D eigenvalue weighted by Crippen LogP contribution is 2.31. The number of fused-ring (bicyclic) bond motifs is 2. The normalized spacial score (nSPS) is 11.5. The number of hydrogen-bond acceptors (Lipinski definition) is 7. The Morgan fingerprint density at radius 2 is 2.00 bits per heavy atom. The monoisotopic (exact) mass is 408 g/mol. The number of benzene rings is 2. The average Bonchev–Trinajstić information content (AvgIpc) is 3.39. The van der Waals surface area contributed by atoms with Crippen molar-refractivity contribution in [2.24, 2.45) is 0 Å². The van der Waals surface area contributed by atoms with Gasteiger partial charge < -0.3 is 9.15 Å². The fourth-order valence-electron chi connectivity index (χ4n) is 2.86. The van der Waals surface area contributed by atoms with Crippen molar-refractivity contribution in [1.29, 1.82) is 0 Å². The molecule has 0 fully saturated rings. The van der Waals surface area contributed by atoms with Crippen LogP contribution < -0.4 is 4.74 Å². The molecule has 0 amide bonds. The highest BCUT2D eigenvalue weighted by molar-refractivity contribution is 8.00. The summed E-state index contributed by atoms with van der Waals surface area (Å²) in [6.45, 7) is 2.54. The number of thioether (sulfide) groups is 1. The topological polar surface area (TPSA) is 65.5 Å². The van der Waals surface area contributed by atoms with E-state index in [2.05, 4.69) is 46.3 Å². The van der Waals surface area contributed by atoms with E-state index in [4.69, 9.17) is 9.15 Å². The van der Waals surface area contributed by atoms with Crippen LogP contribution >= 0.6 is 23.1 Å². The van der Waals surface area contributed by atoms with E-state index in [0.29, 0.717) is 35.0 Å². The fourth-order valence-corrected chi connectivity index (χ4v) is 4.20. The molecule has 3 heterocycles. The third-order valence-electron chi connectivity index (χ3n) is 4.32. The Bertz CT molecular complexity index is 1240. The van der Waals surface area contributed by atoms with E-state index in [1.807, 2.05) is 30.7 Å². The summed E-state index contributed by atoms with van der Waals surface area (Å²) in [5.41, 5.74) is 4.36. The maximum Gasteiger partial charge on any atom is 0.248 e. The van der Waals surface area contributed by atoms with E-state index in [1.54, 1.807) is 16.3 Å². The van der Waals surface area contributed by atoms with Crippen LogP contribution in [-0.2, 0) is 6.61 Å². The first-order valence-electron chi connectivity index (χ1n) is 8.68. The minimum atomic E-state index is 0.463. The van der Waals surface area contributed by atoms with Crippen LogP contribution in [0.5, 0.6) is 5.75 Å². The number of aryl methyl sites for hydroxylation is 1. The number of para-hydroxylation sites is 1. The van der Waals surface area contributed by atoms with Crippen LogP contribution in [0.4, 0.5) is 0 Å². The van der Waals surface area contributed by atoms with Crippen LogP contribution in [0.2, 0.25) is 0 Å². The number of imidazole rings is 1. The van der Waals surface area contributed by atoms with Gasteiger partial charge >= 0.3 is 0 Å². The lowest BCUT2D eigenvalue weighted by Crippen LogP contribution is -1.96. The number of oxazole rings is 1. The molecule has 0 spiro atoms. The smallest absolute Gasteiger partial charge is 0.248 e. The van der Waals surface area contributed by atoms with E-state index >= 15 is 0 Å².